The fraction of sp³-hybridized carbons (Fsp3) is 0.611. The van der Waals surface area contributed by atoms with Crippen LogP contribution >= 0.6 is 0 Å². The van der Waals surface area contributed by atoms with Crippen molar-refractivity contribution in [3.63, 3.8) is 0 Å². The monoisotopic (exact) mass is 337 g/mol. The second kappa shape index (κ2) is 7.07. The van der Waals surface area contributed by atoms with E-state index in [4.69, 9.17) is 14.2 Å². The average Bonchev–Trinajstić information content (AvgIpc) is 2.97. The predicted octanol–water partition coefficient (Wildman–Crippen LogP) is 2.17. The second-order valence-electron chi connectivity index (χ2n) is 6.62. The number of nitrogens with zero attached hydrogens (tertiary/aromatic N) is 1. The summed E-state index contributed by atoms with van der Waals surface area (Å²) < 4.78 is 30.0. The van der Waals surface area contributed by atoms with Gasteiger partial charge in [-0.15, -0.1) is 0 Å². The number of piperidine rings is 1. The summed E-state index contributed by atoms with van der Waals surface area (Å²) in [5, 5.41) is 0. The van der Waals surface area contributed by atoms with Gasteiger partial charge in [0.2, 0.25) is 5.91 Å². The van der Waals surface area contributed by atoms with E-state index >= 15 is 0 Å². The zero-order valence-corrected chi connectivity index (χ0v) is 14.2. The molecule has 2 atom stereocenters. The van der Waals surface area contributed by atoms with Gasteiger partial charge < -0.3 is 19.1 Å². The molecule has 1 aromatic rings. The maximum atomic E-state index is 13.8. The molecule has 5 nitrogen and oxygen atoms in total. The number of rotatable bonds is 4. The molecule has 2 saturated heterocycles. The van der Waals surface area contributed by atoms with Gasteiger partial charge in [-0.05, 0) is 30.5 Å². The lowest BCUT2D eigenvalue weighted by atomic mass is 9.89. The lowest BCUT2D eigenvalue weighted by Gasteiger charge is -2.39. The second-order valence-corrected chi connectivity index (χ2v) is 6.62. The Kier molecular flexibility index (Phi) is 5.06. The number of ether oxygens (including phenoxy) is 3. The number of hydrogen-bond acceptors (Lipinski definition) is 4. The summed E-state index contributed by atoms with van der Waals surface area (Å²) in [6.07, 6.45) is 2.98. The van der Waals surface area contributed by atoms with Gasteiger partial charge in [-0.1, -0.05) is 6.07 Å². The van der Waals surface area contributed by atoms with Crippen molar-refractivity contribution >= 4 is 5.91 Å². The molecule has 132 valence electrons. The first-order chi connectivity index (χ1) is 11.5. The van der Waals surface area contributed by atoms with Crippen LogP contribution in [-0.2, 0) is 20.7 Å². The van der Waals surface area contributed by atoms with Gasteiger partial charge in [0.1, 0.15) is 0 Å². The molecule has 3 rings (SSSR count). The molecule has 0 aliphatic carbocycles. The maximum absolute atomic E-state index is 13.8. The van der Waals surface area contributed by atoms with Crippen LogP contribution in [0.25, 0.3) is 0 Å². The normalized spacial score (nSPS) is 26.8. The Morgan fingerprint density at radius 1 is 1.46 bits per heavy atom. The minimum atomic E-state index is -0.444. The summed E-state index contributed by atoms with van der Waals surface area (Å²) >= 11 is 0. The topological polar surface area (TPSA) is 48.0 Å². The maximum Gasteiger partial charge on any atom is 0.227 e. The molecule has 1 aromatic carbocycles. The first-order valence-corrected chi connectivity index (χ1v) is 8.32. The molecule has 0 aromatic heterocycles. The number of amides is 1. The van der Waals surface area contributed by atoms with Gasteiger partial charge in [0.25, 0.3) is 0 Å². The highest BCUT2D eigenvalue weighted by molar-refractivity contribution is 5.79. The molecular weight excluding hydrogens is 313 g/mol. The Morgan fingerprint density at radius 2 is 2.29 bits per heavy atom. The highest BCUT2D eigenvalue weighted by Gasteiger charge is 2.44. The van der Waals surface area contributed by atoms with E-state index in [0.29, 0.717) is 18.7 Å². The molecular formula is C18H24FNO4. The molecule has 1 amide bonds. The third-order valence-electron chi connectivity index (χ3n) is 4.97. The van der Waals surface area contributed by atoms with Crippen LogP contribution in [0.2, 0.25) is 0 Å². The molecule has 2 heterocycles. The van der Waals surface area contributed by atoms with Gasteiger partial charge in [-0.2, -0.15) is 0 Å². The molecule has 2 aliphatic heterocycles. The largest absolute Gasteiger partial charge is 0.494 e. The van der Waals surface area contributed by atoms with E-state index < -0.39 is 5.82 Å². The number of carbonyl (C=O) groups excluding carboxylic acids is 1. The summed E-state index contributed by atoms with van der Waals surface area (Å²) in [7, 11) is 3.11. The number of halogens is 1. The van der Waals surface area contributed by atoms with Crippen molar-refractivity contribution in [2.45, 2.75) is 37.4 Å². The van der Waals surface area contributed by atoms with Crippen molar-refractivity contribution in [3.05, 3.63) is 29.6 Å². The Hall–Kier alpha value is -1.66. The fourth-order valence-electron chi connectivity index (χ4n) is 3.66. The minimum absolute atomic E-state index is 0.00288. The Labute approximate surface area is 141 Å². The van der Waals surface area contributed by atoms with Crippen LogP contribution < -0.4 is 4.74 Å². The number of carbonyl (C=O) groups is 1. The van der Waals surface area contributed by atoms with Crippen LogP contribution in [0.1, 0.15) is 24.8 Å². The third-order valence-corrected chi connectivity index (χ3v) is 4.97. The van der Waals surface area contributed by atoms with Gasteiger partial charge in [0.15, 0.2) is 11.6 Å². The molecule has 6 heteroatoms. The van der Waals surface area contributed by atoms with Crippen LogP contribution in [0.15, 0.2) is 18.2 Å². The van der Waals surface area contributed by atoms with Crippen LogP contribution in [0.5, 0.6) is 5.75 Å². The van der Waals surface area contributed by atoms with Crippen molar-refractivity contribution in [2.24, 2.45) is 0 Å². The van der Waals surface area contributed by atoms with E-state index in [1.807, 2.05) is 4.90 Å². The molecule has 0 saturated carbocycles. The Bertz CT molecular complexity index is 609. The third kappa shape index (κ3) is 3.54. The van der Waals surface area contributed by atoms with E-state index in [9.17, 15) is 9.18 Å². The van der Waals surface area contributed by atoms with Crippen LogP contribution in [0.4, 0.5) is 4.39 Å². The summed E-state index contributed by atoms with van der Waals surface area (Å²) in [6, 6.07) is 4.65. The lowest BCUT2D eigenvalue weighted by Crippen LogP contribution is -2.50. The van der Waals surface area contributed by atoms with Crippen LogP contribution in [0.3, 0.4) is 0 Å². The number of hydrogen-bond donors (Lipinski definition) is 0. The molecule has 1 spiro atoms. The van der Waals surface area contributed by atoms with Crippen molar-refractivity contribution < 1.29 is 23.4 Å². The molecule has 24 heavy (non-hydrogen) atoms. The van der Waals surface area contributed by atoms with Crippen LogP contribution in [0, 0.1) is 5.82 Å². The zero-order chi connectivity index (χ0) is 17.2. The van der Waals surface area contributed by atoms with E-state index in [1.165, 1.54) is 13.2 Å². The van der Waals surface area contributed by atoms with Crippen molar-refractivity contribution in [1.82, 2.24) is 4.90 Å². The highest BCUT2D eigenvalue weighted by atomic mass is 19.1. The fourth-order valence-corrected chi connectivity index (χ4v) is 3.66. The molecule has 0 N–H and O–H groups in total. The Balaban J connectivity index is 1.63. The predicted molar refractivity (Wildman–Crippen MR) is 86.6 cm³/mol. The Morgan fingerprint density at radius 3 is 2.96 bits per heavy atom. The number of methoxy groups -OCH3 is 2. The molecule has 0 unspecified atom stereocenters. The standard InChI is InChI=1S/C18H24FNO4/c1-22-14-10-18(24-11-14)6-3-7-20(12-18)17(21)9-13-4-5-16(23-2)15(19)8-13/h4-5,8,14H,3,6-7,9-12H2,1-2H3/t14-,18-/m1/s1. The summed E-state index contributed by atoms with van der Waals surface area (Å²) in [5.41, 5.74) is 0.375. The molecule has 0 radical (unpaired) electrons. The molecule has 2 fully saturated rings. The van der Waals surface area contributed by atoms with Gasteiger partial charge in [-0.3, -0.25) is 4.79 Å². The van der Waals surface area contributed by atoms with Crippen molar-refractivity contribution in [1.29, 1.82) is 0 Å². The average molecular weight is 337 g/mol. The number of benzene rings is 1. The first kappa shape index (κ1) is 17.2. The van der Waals surface area contributed by atoms with Crippen molar-refractivity contribution in [2.75, 3.05) is 33.9 Å². The van der Waals surface area contributed by atoms with Gasteiger partial charge in [0.05, 0.1) is 31.8 Å². The smallest absolute Gasteiger partial charge is 0.227 e. The van der Waals surface area contributed by atoms with E-state index in [0.717, 1.165) is 25.8 Å². The van der Waals surface area contributed by atoms with Gasteiger partial charge in [-0.25, -0.2) is 4.39 Å². The summed E-state index contributed by atoms with van der Waals surface area (Å²) in [6.45, 7) is 1.90. The van der Waals surface area contributed by atoms with E-state index in [2.05, 4.69) is 0 Å². The van der Waals surface area contributed by atoms with Gasteiger partial charge >= 0.3 is 0 Å². The van der Waals surface area contributed by atoms with Crippen molar-refractivity contribution in [3.8, 4) is 5.75 Å². The summed E-state index contributed by atoms with van der Waals surface area (Å²) in [4.78, 5) is 14.4. The molecule has 0 bridgehead atoms. The lowest BCUT2D eigenvalue weighted by molar-refractivity contribution is -0.138. The number of likely N-dealkylation sites (tertiary alicyclic amines) is 1. The SMILES string of the molecule is COc1ccc(CC(=O)N2CCC[C@@]3(C[C@@H](OC)CO3)C2)cc1F. The van der Waals surface area contributed by atoms with E-state index in [1.54, 1.807) is 19.2 Å². The zero-order valence-electron chi connectivity index (χ0n) is 14.2. The summed E-state index contributed by atoms with van der Waals surface area (Å²) in [5.74, 6) is -0.254. The minimum Gasteiger partial charge on any atom is -0.494 e. The van der Waals surface area contributed by atoms with Crippen LogP contribution in [-0.4, -0.2) is 56.4 Å². The highest BCUT2D eigenvalue weighted by Crippen LogP contribution is 2.35. The molecule has 2 aliphatic rings. The van der Waals surface area contributed by atoms with E-state index in [-0.39, 0.29) is 29.8 Å². The quantitative estimate of drug-likeness (QED) is 0.845. The van der Waals surface area contributed by atoms with Gasteiger partial charge in [0, 0.05) is 26.6 Å². The first-order valence-electron chi connectivity index (χ1n) is 8.32.